The summed E-state index contributed by atoms with van der Waals surface area (Å²) in [6.45, 7) is 31.7. The lowest BCUT2D eigenvalue weighted by atomic mass is 9.80. The number of rotatable bonds is 11. The van der Waals surface area contributed by atoms with Gasteiger partial charge < -0.3 is 25.5 Å². The first-order valence-corrected chi connectivity index (χ1v) is 25.5. The molecule has 382 valence electrons. The van der Waals surface area contributed by atoms with Gasteiger partial charge in [0, 0.05) is 11.1 Å². The van der Waals surface area contributed by atoms with Gasteiger partial charge in [0.1, 0.15) is 19.4 Å². The molecule has 0 heterocycles. The van der Waals surface area contributed by atoms with Gasteiger partial charge in [-0.25, -0.2) is 0 Å². The van der Waals surface area contributed by atoms with Gasteiger partial charge in [-0.2, -0.15) is 0 Å². The van der Waals surface area contributed by atoms with E-state index in [9.17, 15) is 25.5 Å². The van der Waals surface area contributed by atoms with E-state index >= 15 is 0 Å². The molecule has 0 aliphatic heterocycles. The molecule has 0 saturated heterocycles. The first-order valence-electron chi connectivity index (χ1n) is 25.5. The lowest BCUT2D eigenvalue weighted by molar-refractivity contribution is 0.325. The molecule has 7 aromatic rings. The van der Waals surface area contributed by atoms with Gasteiger partial charge in [-0.15, -0.1) is 0 Å². The van der Waals surface area contributed by atoms with E-state index in [0.717, 1.165) is 40.7 Å². The Balaban J connectivity index is 0.000000215. The molecular weight excluding hydrogens is 908 g/mol. The van der Waals surface area contributed by atoms with E-state index in [2.05, 4.69) is 164 Å². The molecule has 1 aliphatic carbocycles. The summed E-state index contributed by atoms with van der Waals surface area (Å²) in [5, 5.41) is 49.9. The van der Waals surface area contributed by atoms with Crippen LogP contribution in [0, 0.1) is 48.5 Å². The van der Waals surface area contributed by atoms with Gasteiger partial charge in [0.2, 0.25) is 0 Å². The summed E-state index contributed by atoms with van der Waals surface area (Å²) in [5.74, 6) is -0.191. The average Bonchev–Trinajstić information content (AvgIpc) is 4.26. The van der Waals surface area contributed by atoms with E-state index < -0.39 is 5.76 Å². The molecule has 8 rings (SSSR count). The third-order valence-electron chi connectivity index (χ3n) is 12.9. The number of allylic oxidation sites excluding steroid dienone is 3. The van der Waals surface area contributed by atoms with Crippen LogP contribution >= 0.6 is 0 Å². The Hall–Kier alpha value is -7.70. The Kier molecular flexibility index (Phi) is 22.7. The summed E-state index contributed by atoms with van der Waals surface area (Å²) in [6, 6.07) is 45.2. The second kappa shape index (κ2) is 28.5. The fourth-order valence-electron chi connectivity index (χ4n) is 8.68. The molecule has 74 heavy (non-hydrogen) atoms. The normalized spacial score (nSPS) is 11.9. The monoisotopic (exact) mass is 985 g/mol. The maximum atomic E-state index is 10.7. The first kappa shape index (κ1) is 58.9. The Bertz CT molecular complexity index is 2920. The molecule has 7 aromatic carbocycles. The number of benzene rings is 7. The van der Waals surface area contributed by atoms with Gasteiger partial charge in [0.15, 0.2) is 17.3 Å². The van der Waals surface area contributed by atoms with Crippen LogP contribution in [-0.2, 0) is 12.8 Å². The molecule has 0 atom stereocenters. The summed E-state index contributed by atoms with van der Waals surface area (Å²) in [4.78, 5) is 0. The number of aliphatic hydroxyl groups excluding tert-OH is 2. The number of aromatic hydroxyl groups is 3. The highest BCUT2D eigenvalue weighted by atomic mass is 16.3. The summed E-state index contributed by atoms with van der Waals surface area (Å²) in [5.41, 5.74) is 19.3. The number of aryl methyl sites for hydroxylation is 7. The van der Waals surface area contributed by atoms with Crippen molar-refractivity contribution in [2.75, 3.05) is 0 Å². The van der Waals surface area contributed by atoms with Crippen molar-refractivity contribution >= 4 is 25.6 Å². The van der Waals surface area contributed by atoms with E-state index in [-0.39, 0.29) is 34.1 Å². The third-order valence-corrected chi connectivity index (χ3v) is 12.9. The zero-order valence-corrected chi connectivity index (χ0v) is 45.5. The lowest BCUT2D eigenvalue weighted by Crippen LogP contribution is -2.02. The zero-order valence-electron chi connectivity index (χ0n) is 45.5. The molecule has 1 fully saturated rings. The van der Waals surface area contributed by atoms with E-state index in [1.165, 1.54) is 80.1 Å². The van der Waals surface area contributed by atoms with Gasteiger partial charge in [-0.05, 0) is 177 Å². The molecule has 0 unspecified atom stereocenters. The maximum Gasteiger partial charge on any atom is 0.158 e. The van der Waals surface area contributed by atoms with Crippen LogP contribution in [0.1, 0.15) is 118 Å². The van der Waals surface area contributed by atoms with Crippen molar-refractivity contribution in [3.63, 3.8) is 0 Å². The standard InChI is InChI=1S/C21H24O2.C19H23BO3.C12H10.2C8H10/c1-5-14-9-13(4)20(16(6-2)21(14)15-7-8-15)17-11-19(23)18(22)10-12(17)3;1-6-9-14-13(7-2)10-11(4)16(18(14)22)12(5)17(20)19(23)15(21)8-3;1-3-7-11(8-4-1)12-9-5-2-6-10-12;2*1-7-3-5-8(2)6-4-7/h5,9-11,15,22-23H,1,6-8H2,2-4H3;7-8,10,21-23H,2,5-6,9H2,1,3-4H3;1-10H;2*3-6H,1-2H3/b;15-8+,19-17-;;;. The van der Waals surface area contributed by atoms with Crippen LogP contribution in [0.15, 0.2) is 176 Å². The van der Waals surface area contributed by atoms with Crippen molar-refractivity contribution in [2.45, 2.75) is 107 Å². The van der Waals surface area contributed by atoms with Crippen LogP contribution in [0.4, 0.5) is 0 Å². The average molecular weight is 985 g/mol. The van der Waals surface area contributed by atoms with Gasteiger partial charge >= 0.3 is 0 Å². The molecule has 1 aliphatic rings. The second-order valence-electron chi connectivity index (χ2n) is 18.9. The Morgan fingerprint density at radius 2 is 1.04 bits per heavy atom. The van der Waals surface area contributed by atoms with Gasteiger partial charge in [-0.3, -0.25) is 0 Å². The van der Waals surface area contributed by atoms with E-state index in [1.807, 2.05) is 45.0 Å². The van der Waals surface area contributed by atoms with Crippen molar-refractivity contribution in [2.24, 2.45) is 0 Å². The molecule has 5 nitrogen and oxygen atoms in total. The van der Waals surface area contributed by atoms with Crippen molar-refractivity contribution < 1.29 is 25.5 Å². The van der Waals surface area contributed by atoms with Crippen molar-refractivity contribution in [1.29, 1.82) is 0 Å². The second-order valence-corrected chi connectivity index (χ2v) is 18.9. The molecule has 0 amide bonds. The third kappa shape index (κ3) is 16.2. The van der Waals surface area contributed by atoms with Gasteiger partial charge in [-0.1, -0.05) is 196 Å². The van der Waals surface area contributed by atoms with Crippen molar-refractivity contribution in [3.05, 3.63) is 249 Å². The largest absolute Gasteiger partial charge is 0.507 e. The van der Waals surface area contributed by atoms with Crippen molar-refractivity contribution in [1.82, 2.24) is 0 Å². The van der Waals surface area contributed by atoms with Crippen LogP contribution in [-0.4, -0.2) is 33.4 Å². The van der Waals surface area contributed by atoms with E-state index in [0.29, 0.717) is 17.9 Å². The fourth-order valence-corrected chi connectivity index (χ4v) is 8.68. The summed E-state index contributed by atoms with van der Waals surface area (Å²) in [6.07, 6.45) is 9.97. The molecule has 6 heteroatoms. The highest BCUT2D eigenvalue weighted by Gasteiger charge is 2.30. The SMILES string of the molecule is C=Cc1cc(C)c(-c2cc(O)c(O)cc2C)c(CC)c1C1CC1.Cc1ccc(C)cc1.Cc1ccc(C)cc1.[B]/C(C(=C)c1c(C)cc(C=C)c(CCC)c1O)=C(O)/C(O)=C\C.c1ccc(-c2ccccc2)cc1. The number of aliphatic hydroxyl groups is 2. The minimum Gasteiger partial charge on any atom is -0.507 e. The number of phenolic OH excluding ortho intramolecular Hbond substituents is 3. The minimum absolute atomic E-state index is 0.0622. The smallest absolute Gasteiger partial charge is 0.158 e. The maximum absolute atomic E-state index is 10.7. The summed E-state index contributed by atoms with van der Waals surface area (Å²) >= 11 is 0. The van der Waals surface area contributed by atoms with Gasteiger partial charge in [0.05, 0.1) is 0 Å². The minimum atomic E-state index is -0.457. The lowest BCUT2D eigenvalue weighted by Gasteiger charge is -2.21. The summed E-state index contributed by atoms with van der Waals surface area (Å²) in [7, 11) is 5.90. The van der Waals surface area contributed by atoms with Gasteiger partial charge in [0.25, 0.3) is 0 Å². The Morgan fingerprint density at radius 1 is 0.595 bits per heavy atom. The fraction of sp³-hybridized carbons (Fsp3) is 0.235. The highest BCUT2D eigenvalue weighted by Crippen LogP contribution is 2.48. The quantitative estimate of drug-likeness (QED) is 0.0385. The highest BCUT2D eigenvalue weighted by molar-refractivity contribution is 6.31. The predicted molar refractivity (Wildman–Crippen MR) is 318 cm³/mol. The number of hydrogen-bond donors (Lipinski definition) is 5. The van der Waals surface area contributed by atoms with Crippen molar-refractivity contribution in [3.8, 4) is 39.5 Å². The van der Waals surface area contributed by atoms with E-state index in [1.54, 1.807) is 25.1 Å². The molecule has 0 aromatic heterocycles. The van der Waals surface area contributed by atoms with E-state index in [4.69, 9.17) is 7.85 Å². The van der Waals surface area contributed by atoms with Crippen LogP contribution in [0.3, 0.4) is 0 Å². The molecule has 2 radical (unpaired) electrons. The van der Waals surface area contributed by atoms with Crippen LogP contribution in [0.2, 0.25) is 0 Å². The molecule has 1 saturated carbocycles. The Labute approximate surface area is 444 Å². The van der Waals surface area contributed by atoms with Crippen LogP contribution < -0.4 is 0 Å². The Morgan fingerprint density at radius 3 is 1.45 bits per heavy atom. The van der Waals surface area contributed by atoms with Crippen LogP contribution in [0.5, 0.6) is 17.2 Å². The molecule has 5 N–H and O–H groups in total. The summed E-state index contributed by atoms with van der Waals surface area (Å²) < 4.78 is 0. The number of phenols is 3. The molecule has 0 spiro atoms. The topological polar surface area (TPSA) is 101 Å². The molecular formula is C68H77BO5. The molecule has 0 bridgehead atoms. The number of hydrogen-bond acceptors (Lipinski definition) is 5. The first-order chi connectivity index (χ1) is 35.3. The zero-order chi connectivity index (χ0) is 54.6. The van der Waals surface area contributed by atoms with Crippen LogP contribution in [0.25, 0.3) is 40.0 Å². The predicted octanol–water partition coefficient (Wildman–Crippen LogP) is 18.1.